The number of carbonyl (C=O) groups excluding carboxylic acids is 4. The van der Waals surface area contributed by atoms with Crippen molar-refractivity contribution in [1.82, 2.24) is 26.2 Å². The van der Waals surface area contributed by atoms with Crippen LogP contribution in [-0.2, 0) is 27.4 Å². The van der Waals surface area contributed by atoms with Crippen molar-refractivity contribution in [2.24, 2.45) is 5.92 Å². The number of fused-ring (bicyclic) bond motifs is 1. The average molecular weight is 542 g/mol. The van der Waals surface area contributed by atoms with E-state index in [9.17, 15) is 32.3 Å². The number of alkyl halides is 3. The Morgan fingerprint density at radius 2 is 1.87 bits per heavy atom. The second-order valence-electron chi connectivity index (χ2n) is 10.0. The van der Waals surface area contributed by atoms with E-state index in [0.29, 0.717) is 12.1 Å². The minimum Gasteiger partial charge on any atom is -0.446 e. The Kier molecular flexibility index (Phi) is 7.03. The monoisotopic (exact) mass is 541 g/mol. The number of nitrogens with one attached hydrogen (secondary N) is 4. The van der Waals surface area contributed by atoms with Crippen LogP contribution in [0.15, 0.2) is 12.1 Å². The maximum atomic E-state index is 15.2. The molecule has 4 amide bonds. The number of hydrogen-bond acceptors (Lipinski definition) is 7. The van der Waals surface area contributed by atoms with Gasteiger partial charge in [0.2, 0.25) is 11.8 Å². The van der Waals surface area contributed by atoms with Crippen molar-refractivity contribution >= 4 is 23.8 Å². The molecule has 1 aromatic rings. The molecule has 0 radical (unpaired) electrons. The molecule has 0 spiro atoms. The summed E-state index contributed by atoms with van der Waals surface area (Å²) in [5.41, 5.74) is 0.250. The maximum absolute atomic E-state index is 15.2. The fourth-order valence-electron chi connectivity index (χ4n) is 5.61. The summed E-state index contributed by atoms with van der Waals surface area (Å²) in [5, 5.41) is 10.0. The number of halogens is 4. The molecule has 1 aliphatic carbocycles. The van der Waals surface area contributed by atoms with Gasteiger partial charge in [-0.25, -0.2) is 9.18 Å². The summed E-state index contributed by atoms with van der Waals surface area (Å²) in [6.45, 7) is 0.385. The van der Waals surface area contributed by atoms with Gasteiger partial charge in [-0.05, 0) is 30.7 Å². The summed E-state index contributed by atoms with van der Waals surface area (Å²) in [6.07, 6.45) is -5.00. The van der Waals surface area contributed by atoms with Crippen LogP contribution in [0.3, 0.4) is 0 Å². The van der Waals surface area contributed by atoms with E-state index in [1.54, 1.807) is 6.07 Å². The topological polar surface area (TPSA) is 129 Å². The first kappa shape index (κ1) is 26.4. The number of nitrogens with zero attached hydrogens (tertiary/aromatic N) is 1. The number of benzene rings is 1. The van der Waals surface area contributed by atoms with Crippen molar-refractivity contribution in [3.05, 3.63) is 34.6 Å². The number of hydrogen-bond donors (Lipinski definition) is 4. The molecular formula is C24H27F4N5O5. The number of alkyl carbamates (subject to hydrolysis) is 1. The van der Waals surface area contributed by atoms with Crippen molar-refractivity contribution in [3.8, 4) is 0 Å². The predicted molar refractivity (Wildman–Crippen MR) is 122 cm³/mol. The molecule has 4 N–H and O–H groups in total. The molecule has 3 atom stereocenters. The van der Waals surface area contributed by atoms with Crippen molar-refractivity contribution in [3.63, 3.8) is 0 Å². The maximum Gasteiger partial charge on any atom is 0.407 e. The predicted octanol–water partition coefficient (Wildman–Crippen LogP) is 1.08. The highest BCUT2D eigenvalue weighted by Gasteiger charge is 2.51. The highest BCUT2D eigenvalue weighted by atomic mass is 19.4. The van der Waals surface area contributed by atoms with Crippen LogP contribution in [0.25, 0.3) is 0 Å². The standard InChI is InChI=1S/C24H27F4N5O5/c25-18-11(1-2-12-10-33(22(36)17(12)18)15-3-4-16(34)32-21(15)35)9-31-23(37)38-14-7-13(8-14)19-20(24(26,27)28)30-6-5-29-19/h1-2,13-15,19-20,29-30H,3-10H2,(H,31,37)(H,32,34,35). The van der Waals surface area contributed by atoms with Crippen LogP contribution in [0.2, 0.25) is 0 Å². The lowest BCUT2D eigenvalue weighted by Crippen LogP contribution is -2.66. The van der Waals surface area contributed by atoms with Crippen molar-refractivity contribution < 1.29 is 41.5 Å². The van der Waals surface area contributed by atoms with E-state index in [1.807, 2.05) is 0 Å². The summed E-state index contributed by atoms with van der Waals surface area (Å²) in [7, 11) is 0. The number of ether oxygens (including phenoxy) is 1. The van der Waals surface area contributed by atoms with Crippen LogP contribution >= 0.6 is 0 Å². The summed E-state index contributed by atoms with van der Waals surface area (Å²) in [6, 6.07) is -0.366. The quantitative estimate of drug-likeness (QED) is 0.325. The van der Waals surface area contributed by atoms with Gasteiger partial charge in [0, 0.05) is 44.2 Å². The third-order valence-corrected chi connectivity index (χ3v) is 7.63. The van der Waals surface area contributed by atoms with Crippen molar-refractivity contribution in [2.45, 2.75) is 69.2 Å². The zero-order chi connectivity index (χ0) is 27.2. The Bertz CT molecular complexity index is 1160. The van der Waals surface area contributed by atoms with Gasteiger partial charge in [-0.15, -0.1) is 0 Å². The van der Waals surface area contributed by atoms with E-state index in [1.165, 1.54) is 11.0 Å². The molecule has 14 heteroatoms. The highest BCUT2D eigenvalue weighted by molar-refractivity contribution is 6.05. The first-order valence-corrected chi connectivity index (χ1v) is 12.5. The fraction of sp³-hybridized carbons (Fsp3) is 0.583. The second-order valence-corrected chi connectivity index (χ2v) is 10.0. The third-order valence-electron chi connectivity index (χ3n) is 7.63. The molecule has 1 aromatic carbocycles. The minimum absolute atomic E-state index is 0.0243. The summed E-state index contributed by atoms with van der Waals surface area (Å²) in [5.74, 6) is -2.82. The van der Waals surface area contributed by atoms with Gasteiger partial charge in [-0.1, -0.05) is 12.1 Å². The van der Waals surface area contributed by atoms with E-state index in [-0.39, 0.29) is 62.4 Å². The molecule has 0 bridgehead atoms. The Morgan fingerprint density at radius 3 is 2.58 bits per heavy atom. The average Bonchev–Trinajstić information content (AvgIpc) is 3.17. The molecule has 3 unspecified atom stereocenters. The van der Waals surface area contributed by atoms with Gasteiger partial charge < -0.3 is 25.6 Å². The van der Waals surface area contributed by atoms with Gasteiger partial charge in [-0.3, -0.25) is 19.7 Å². The van der Waals surface area contributed by atoms with E-state index in [4.69, 9.17) is 4.74 Å². The van der Waals surface area contributed by atoms with Gasteiger partial charge in [0.05, 0.1) is 5.56 Å². The highest BCUT2D eigenvalue weighted by Crippen LogP contribution is 2.38. The van der Waals surface area contributed by atoms with Gasteiger partial charge in [0.1, 0.15) is 24.0 Å². The number of piperidine rings is 1. The number of carbonyl (C=O) groups is 4. The third kappa shape index (κ3) is 5.06. The lowest BCUT2D eigenvalue weighted by Gasteiger charge is -2.45. The molecule has 3 aliphatic heterocycles. The normalized spacial score (nSPS) is 29.4. The van der Waals surface area contributed by atoms with Crippen LogP contribution in [0.5, 0.6) is 0 Å². The van der Waals surface area contributed by atoms with E-state index in [2.05, 4.69) is 21.3 Å². The Morgan fingerprint density at radius 1 is 1.13 bits per heavy atom. The van der Waals surface area contributed by atoms with Crippen LogP contribution in [-0.4, -0.2) is 72.2 Å². The first-order valence-electron chi connectivity index (χ1n) is 12.5. The summed E-state index contributed by atoms with van der Waals surface area (Å²) >= 11 is 0. The lowest BCUT2D eigenvalue weighted by molar-refractivity contribution is -0.174. The molecule has 1 saturated carbocycles. The Labute approximate surface area is 214 Å². The molecule has 206 valence electrons. The summed E-state index contributed by atoms with van der Waals surface area (Å²) < 4.78 is 60.3. The van der Waals surface area contributed by atoms with Crippen LogP contribution in [0, 0.1) is 11.7 Å². The fourth-order valence-corrected chi connectivity index (χ4v) is 5.61. The number of piperazine rings is 1. The van der Waals surface area contributed by atoms with Crippen LogP contribution < -0.4 is 21.3 Å². The molecule has 38 heavy (non-hydrogen) atoms. The zero-order valence-corrected chi connectivity index (χ0v) is 20.2. The zero-order valence-electron chi connectivity index (χ0n) is 20.2. The van der Waals surface area contributed by atoms with Gasteiger partial charge >= 0.3 is 12.3 Å². The van der Waals surface area contributed by atoms with E-state index >= 15 is 4.39 Å². The van der Waals surface area contributed by atoms with E-state index in [0.717, 1.165) is 0 Å². The van der Waals surface area contributed by atoms with E-state index < -0.39 is 60.0 Å². The Balaban J connectivity index is 1.13. The van der Waals surface area contributed by atoms with Crippen LogP contribution in [0.1, 0.15) is 47.2 Å². The van der Waals surface area contributed by atoms with Crippen molar-refractivity contribution in [2.75, 3.05) is 13.1 Å². The molecule has 0 aromatic heterocycles. The minimum atomic E-state index is -4.39. The number of rotatable bonds is 5. The molecule has 3 fully saturated rings. The lowest BCUT2D eigenvalue weighted by atomic mass is 9.74. The molecular weight excluding hydrogens is 514 g/mol. The van der Waals surface area contributed by atoms with Gasteiger partial charge in [0.25, 0.3) is 5.91 Å². The molecule has 2 saturated heterocycles. The second kappa shape index (κ2) is 10.1. The number of amides is 4. The van der Waals surface area contributed by atoms with Gasteiger partial charge in [0.15, 0.2) is 0 Å². The number of imide groups is 1. The molecule has 10 nitrogen and oxygen atoms in total. The van der Waals surface area contributed by atoms with Crippen molar-refractivity contribution in [1.29, 1.82) is 0 Å². The van der Waals surface area contributed by atoms with Crippen LogP contribution in [0.4, 0.5) is 22.4 Å². The molecule has 3 heterocycles. The first-order chi connectivity index (χ1) is 18.0. The van der Waals surface area contributed by atoms with Gasteiger partial charge in [-0.2, -0.15) is 13.2 Å². The molecule has 5 rings (SSSR count). The SMILES string of the molecule is O=C1CCC(N2Cc3ccc(CNC(=O)OC4CC(C5NCCNC5C(F)(F)F)C4)c(F)c3C2=O)C(=O)N1. The smallest absolute Gasteiger partial charge is 0.407 e. The largest absolute Gasteiger partial charge is 0.446 e. The Hall–Kier alpha value is -3.26. The summed E-state index contributed by atoms with van der Waals surface area (Å²) in [4.78, 5) is 49.9. The molecule has 4 aliphatic rings.